The van der Waals surface area contributed by atoms with Gasteiger partial charge in [0.1, 0.15) is 11.4 Å². The third-order valence-corrected chi connectivity index (χ3v) is 3.83. The van der Waals surface area contributed by atoms with E-state index in [1.54, 1.807) is 7.11 Å². The first-order valence-corrected chi connectivity index (χ1v) is 7.57. The molecule has 0 saturated heterocycles. The zero-order valence-corrected chi connectivity index (χ0v) is 13.5. The Labute approximate surface area is 139 Å². The van der Waals surface area contributed by atoms with Gasteiger partial charge in [-0.15, -0.1) is 0 Å². The summed E-state index contributed by atoms with van der Waals surface area (Å²) in [5.74, 6) is 0.477. The SMILES string of the molecule is COc1ccc(-c2n[nH]nc2C(=O)NCc2ccccc2C)cc1. The second-order valence-corrected chi connectivity index (χ2v) is 5.36. The van der Waals surface area contributed by atoms with E-state index < -0.39 is 0 Å². The van der Waals surface area contributed by atoms with Gasteiger partial charge < -0.3 is 10.1 Å². The van der Waals surface area contributed by atoms with E-state index in [1.165, 1.54) is 0 Å². The van der Waals surface area contributed by atoms with Crippen LogP contribution >= 0.6 is 0 Å². The van der Waals surface area contributed by atoms with Gasteiger partial charge in [0.25, 0.3) is 5.91 Å². The van der Waals surface area contributed by atoms with Crippen molar-refractivity contribution in [3.8, 4) is 17.0 Å². The number of ether oxygens (including phenoxy) is 1. The fourth-order valence-corrected chi connectivity index (χ4v) is 2.41. The maximum atomic E-state index is 12.4. The van der Waals surface area contributed by atoms with E-state index in [-0.39, 0.29) is 11.6 Å². The van der Waals surface area contributed by atoms with Crippen LogP contribution in [0.5, 0.6) is 5.75 Å². The van der Waals surface area contributed by atoms with Gasteiger partial charge in [0.05, 0.1) is 7.11 Å². The lowest BCUT2D eigenvalue weighted by molar-refractivity contribution is 0.0946. The molecule has 3 aromatic rings. The lowest BCUT2D eigenvalue weighted by Gasteiger charge is -2.07. The summed E-state index contributed by atoms with van der Waals surface area (Å²) in [6, 6.07) is 15.2. The number of carbonyl (C=O) groups excluding carboxylic acids is 1. The zero-order chi connectivity index (χ0) is 16.9. The smallest absolute Gasteiger partial charge is 0.274 e. The molecule has 0 aliphatic carbocycles. The number of benzene rings is 2. The molecule has 1 aromatic heterocycles. The highest BCUT2D eigenvalue weighted by molar-refractivity contribution is 5.97. The number of nitrogens with one attached hydrogen (secondary N) is 2. The summed E-state index contributed by atoms with van der Waals surface area (Å²) < 4.78 is 5.14. The zero-order valence-electron chi connectivity index (χ0n) is 13.5. The van der Waals surface area contributed by atoms with E-state index in [9.17, 15) is 4.79 Å². The van der Waals surface area contributed by atoms with E-state index in [1.807, 2.05) is 55.5 Å². The lowest BCUT2D eigenvalue weighted by atomic mass is 10.1. The Morgan fingerprint density at radius 3 is 2.58 bits per heavy atom. The minimum Gasteiger partial charge on any atom is -0.497 e. The van der Waals surface area contributed by atoms with Crippen molar-refractivity contribution in [1.29, 1.82) is 0 Å². The number of hydrogen-bond acceptors (Lipinski definition) is 4. The quantitative estimate of drug-likeness (QED) is 0.757. The Bertz CT molecular complexity index is 840. The summed E-state index contributed by atoms with van der Waals surface area (Å²) in [6.07, 6.45) is 0. The molecule has 2 aromatic carbocycles. The average molecular weight is 322 g/mol. The summed E-state index contributed by atoms with van der Waals surface area (Å²) in [5, 5.41) is 13.5. The molecule has 0 unspecified atom stereocenters. The molecule has 1 heterocycles. The summed E-state index contributed by atoms with van der Waals surface area (Å²) in [4.78, 5) is 12.4. The van der Waals surface area contributed by atoms with Crippen molar-refractivity contribution < 1.29 is 9.53 Å². The van der Waals surface area contributed by atoms with Crippen LogP contribution in [0.4, 0.5) is 0 Å². The first-order chi connectivity index (χ1) is 11.7. The van der Waals surface area contributed by atoms with E-state index in [0.717, 1.165) is 22.4 Å². The maximum absolute atomic E-state index is 12.4. The van der Waals surface area contributed by atoms with Gasteiger partial charge in [-0.3, -0.25) is 4.79 Å². The van der Waals surface area contributed by atoms with Gasteiger partial charge in [0, 0.05) is 12.1 Å². The molecule has 0 aliphatic rings. The number of aromatic amines is 1. The minimum absolute atomic E-state index is 0.266. The van der Waals surface area contributed by atoms with E-state index in [4.69, 9.17) is 4.74 Å². The monoisotopic (exact) mass is 322 g/mol. The van der Waals surface area contributed by atoms with Crippen molar-refractivity contribution in [2.24, 2.45) is 0 Å². The molecule has 0 radical (unpaired) electrons. The number of amides is 1. The van der Waals surface area contributed by atoms with Crippen molar-refractivity contribution in [1.82, 2.24) is 20.7 Å². The van der Waals surface area contributed by atoms with Crippen LogP contribution in [0.15, 0.2) is 48.5 Å². The maximum Gasteiger partial charge on any atom is 0.274 e. The molecule has 122 valence electrons. The Balaban J connectivity index is 1.76. The number of nitrogens with zero attached hydrogens (tertiary/aromatic N) is 2. The highest BCUT2D eigenvalue weighted by Gasteiger charge is 2.17. The predicted octanol–water partition coefficient (Wildman–Crippen LogP) is 2.72. The van der Waals surface area contributed by atoms with Gasteiger partial charge in [-0.05, 0) is 42.3 Å². The number of aryl methyl sites for hydroxylation is 1. The predicted molar refractivity (Wildman–Crippen MR) is 90.7 cm³/mol. The second-order valence-electron chi connectivity index (χ2n) is 5.36. The Morgan fingerprint density at radius 1 is 1.12 bits per heavy atom. The topological polar surface area (TPSA) is 79.9 Å². The molecule has 0 atom stereocenters. The average Bonchev–Trinajstić information content (AvgIpc) is 3.10. The summed E-state index contributed by atoms with van der Waals surface area (Å²) >= 11 is 0. The molecule has 3 rings (SSSR count). The van der Waals surface area contributed by atoms with Crippen LogP contribution in [0.2, 0.25) is 0 Å². The third-order valence-electron chi connectivity index (χ3n) is 3.83. The van der Waals surface area contributed by atoms with Crippen molar-refractivity contribution in [3.63, 3.8) is 0 Å². The van der Waals surface area contributed by atoms with Crippen LogP contribution in [-0.4, -0.2) is 28.4 Å². The molecule has 6 heteroatoms. The molecule has 0 aliphatic heterocycles. The summed E-state index contributed by atoms with van der Waals surface area (Å²) in [5.41, 5.74) is 3.79. The summed E-state index contributed by atoms with van der Waals surface area (Å²) in [6.45, 7) is 2.46. The highest BCUT2D eigenvalue weighted by Crippen LogP contribution is 2.22. The van der Waals surface area contributed by atoms with Gasteiger partial charge in [-0.1, -0.05) is 24.3 Å². The normalized spacial score (nSPS) is 10.4. The third kappa shape index (κ3) is 3.27. The number of carbonyl (C=O) groups is 1. The lowest BCUT2D eigenvalue weighted by Crippen LogP contribution is -2.24. The van der Waals surface area contributed by atoms with E-state index in [2.05, 4.69) is 20.7 Å². The standard InChI is InChI=1S/C18H18N4O2/c1-12-5-3-4-6-14(12)11-19-18(23)17-16(20-22-21-17)13-7-9-15(24-2)10-8-13/h3-10H,11H2,1-2H3,(H,19,23)(H,20,21,22). The first-order valence-electron chi connectivity index (χ1n) is 7.57. The molecule has 0 fully saturated rings. The molecule has 0 spiro atoms. The second kappa shape index (κ2) is 6.95. The summed E-state index contributed by atoms with van der Waals surface area (Å²) in [7, 11) is 1.61. The van der Waals surface area contributed by atoms with Gasteiger partial charge in [0.2, 0.25) is 0 Å². The number of hydrogen-bond donors (Lipinski definition) is 2. The minimum atomic E-state index is -0.266. The molecule has 0 saturated carbocycles. The van der Waals surface area contributed by atoms with E-state index in [0.29, 0.717) is 12.2 Å². The van der Waals surface area contributed by atoms with Gasteiger partial charge in [0.15, 0.2) is 5.69 Å². The Morgan fingerprint density at radius 2 is 1.88 bits per heavy atom. The molecule has 24 heavy (non-hydrogen) atoms. The van der Waals surface area contributed by atoms with Gasteiger partial charge in [-0.25, -0.2) is 0 Å². The number of methoxy groups -OCH3 is 1. The fraction of sp³-hybridized carbons (Fsp3) is 0.167. The van der Waals surface area contributed by atoms with Crippen LogP contribution in [0.3, 0.4) is 0 Å². The van der Waals surface area contributed by atoms with Gasteiger partial charge >= 0.3 is 0 Å². The molecule has 2 N–H and O–H groups in total. The largest absolute Gasteiger partial charge is 0.497 e. The molecular weight excluding hydrogens is 304 g/mol. The van der Waals surface area contributed by atoms with Crippen molar-refractivity contribution >= 4 is 5.91 Å². The number of aromatic nitrogens is 3. The first kappa shape index (κ1) is 15.7. The van der Waals surface area contributed by atoms with Crippen LogP contribution in [-0.2, 0) is 6.54 Å². The van der Waals surface area contributed by atoms with Crippen molar-refractivity contribution in [2.45, 2.75) is 13.5 Å². The Hall–Kier alpha value is -3.15. The number of rotatable bonds is 5. The molecule has 6 nitrogen and oxygen atoms in total. The molecule has 0 bridgehead atoms. The van der Waals surface area contributed by atoms with Crippen LogP contribution in [0.1, 0.15) is 21.6 Å². The van der Waals surface area contributed by atoms with Crippen LogP contribution < -0.4 is 10.1 Å². The molecule has 1 amide bonds. The fourth-order valence-electron chi connectivity index (χ4n) is 2.41. The van der Waals surface area contributed by atoms with Gasteiger partial charge in [-0.2, -0.15) is 15.4 Å². The molecular formula is C18H18N4O2. The van der Waals surface area contributed by atoms with E-state index >= 15 is 0 Å². The van der Waals surface area contributed by atoms with Crippen LogP contribution in [0.25, 0.3) is 11.3 Å². The Kier molecular flexibility index (Phi) is 4.56. The van der Waals surface area contributed by atoms with Crippen molar-refractivity contribution in [3.05, 3.63) is 65.4 Å². The van der Waals surface area contributed by atoms with Crippen molar-refractivity contribution in [2.75, 3.05) is 7.11 Å². The highest BCUT2D eigenvalue weighted by atomic mass is 16.5. The van der Waals surface area contributed by atoms with Crippen LogP contribution in [0, 0.1) is 6.92 Å². The number of H-pyrrole nitrogens is 1.